The number of nitrogens with one attached hydrogen (secondary N) is 1. The van der Waals surface area contributed by atoms with Gasteiger partial charge in [-0.2, -0.15) is 0 Å². The number of amides is 1. The zero-order valence-electron chi connectivity index (χ0n) is 15.0. The maximum absolute atomic E-state index is 12.1. The molecular weight excluding hydrogens is 378 g/mol. The highest BCUT2D eigenvalue weighted by Gasteiger charge is 2.23. The van der Waals surface area contributed by atoms with Gasteiger partial charge in [0.25, 0.3) is 0 Å². The Bertz CT molecular complexity index is 920. The molecule has 6 heteroatoms. The van der Waals surface area contributed by atoms with E-state index in [-0.39, 0.29) is 5.91 Å². The molecule has 27 heavy (non-hydrogen) atoms. The molecule has 2 heterocycles. The molecule has 0 aliphatic carbocycles. The molecule has 1 fully saturated rings. The van der Waals surface area contributed by atoms with Gasteiger partial charge in [-0.1, -0.05) is 29.8 Å². The van der Waals surface area contributed by atoms with Gasteiger partial charge in [-0.3, -0.25) is 4.79 Å². The monoisotopic (exact) mass is 399 g/mol. The summed E-state index contributed by atoms with van der Waals surface area (Å²) in [6.45, 7) is 2.83. The number of fused-ring (bicyclic) bond motifs is 1. The maximum Gasteiger partial charge on any atom is 0.225 e. The zero-order valence-corrected chi connectivity index (χ0v) is 16.6. The highest BCUT2D eigenvalue weighted by molar-refractivity contribution is 7.18. The lowest BCUT2D eigenvalue weighted by molar-refractivity contribution is -0.116. The largest absolute Gasteiger partial charge is 0.326 e. The van der Waals surface area contributed by atoms with E-state index in [0.29, 0.717) is 12.3 Å². The summed E-state index contributed by atoms with van der Waals surface area (Å²) in [6, 6.07) is 15.5. The lowest BCUT2D eigenvalue weighted by Gasteiger charge is -2.30. The number of halogens is 1. The van der Waals surface area contributed by atoms with E-state index in [2.05, 4.69) is 16.3 Å². The summed E-state index contributed by atoms with van der Waals surface area (Å²) in [6.07, 6.45) is 2.71. The lowest BCUT2D eigenvalue weighted by Crippen LogP contribution is -2.35. The third-order valence-corrected chi connectivity index (χ3v) is 6.45. The quantitative estimate of drug-likeness (QED) is 0.644. The summed E-state index contributed by atoms with van der Waals surface area (Å²) in [4.78, 5) is 19.3. The maximum atomic E-state index is 12.1. The van der Waals surface area contributed by atoms with Crippen LogP contribution < -0.4 is 5.32 Å². The van der Waals surface area contributed by atoms with Crippen molar-refractivity contribution in [2.75, 3.05) is 25.0 Å². The average molecular weight is 400 g/mol. The first-order valence-electron chi connectivity index (χ1n) is 9.30. The molecule has 140 valence electrons. The van der Waals surface area contributed by atoms with E-state index in [1.165, 1.54) is 9.71 Å². The predicted molar refractivity (Wildman–Crippen MR) is 113 cm³/mol. The van der Waals surface area contributed by atoms with Crippen LogP contribution in [0.5, 0.6) is 0 Å². The van der Waals surface area contributed by atoms with Crippen molar-refractivity contribution in [3.8, 4) is 0 Å². The minimum atomic E-state index is 0.0753. The first-order chi connectivity index (χ1) is 13.2. The van der Waals surface area contributed by atoms with Crippen LogP contribution in [0.25, 0.3) is 10.2 Å². The Hall–Kier alpha value is -1.95. The second kappa shape index (κ2) is 8.38. The van der Waals surface area contributed by atoms with Crippen LogP contribution in [0.2, 0.25) is 5.02 Å². The molecule has 0 bridgehead atoms. The van der Waals surface area contributed by atoms with E-state index in [4.69, 9.17) is 16.6 Å². The highest BCUT2D eigenvalue weighted by Crippen LogP contribution is 2.34. The number of benzene rings is 2. The molecule has 4 rings (SSSR count). The van der Waals surface area contributed by atoms with Gasteiger partial charge in [0.05, 0.1) is 15.2 Å². The van der Waals surface area contributed by atoms with Gasteiger partial charge in [-0.25, -0.2) is 4.98 Å². The van der Waals surface area contributed by atoms with E-state index in [1.807, 2.05) is 42.5 Å². The fourth-order valence-corrected chi connectivity index (χ4v) is 4.78. The van der Waals surface area contributed by atoms with Crippen molar-refractivity contribution in [1.82, 2.24) is 9.88 Å². The number of carbonyl (C=O) groups excluding carboxylic acids is 1. The zero-order chi connectivity index (χ0) is 18.6. The fraction of sp³-hybridized carbons (Fsp3) is 0.333. The number of carbonyl (C=O) groups is 1. The molecule has 1 N–H and O–H groups in total. The van der Waals surface area contributed by atoms with Crippen molar-refractivity contribution >= 4 is 44.7 Å². The number of piperidine rings is 1. The van der Waals surface area contributed by atoms with Gasteiger partial charge >= 0.3 is 0 Å². The molecule has 1 aliphatic rings. The summed E-state index contributed by atoms with van der Waals surface area (Å²) in [7, 11) is 0. The van der Waals surface area contributed by atoms with Gasteiger partial charge in [-0.15, -0.1) is 11.3 Å². The summed E-state index contributed by atoms with van der Waals surface area (Å²) in [5, 5.41) is 4.91. The number of nitrogens with zero attached hydrogens (tertiary/aromatic N) is 2. The van der Waals surface area contributed by atoms with Gasteiger partial charge in [-0.05, 0) is 56.3 Å². The predicted octanol–water partition coefficient (Wildman–Crippen LogP) is 5.16. The molecule has 4 nitrogen and oxygen atoms in total. The average Bonchev–Trinajstić information content (AvgIpc) is 3.11. The van der Waals surface area contributed by atoms with Gasteiger partial charge in [0.2, 0.25) is 5.91 Å². The fourth-order valence-electron chi connectivity index (χ4n) is 3.50. The lowest BCUT2D eigenvalue weighted by atomic mass is 9.97. The molecule has 1 amide bonds. The number of para-hydroxylation sites is 1. The Morgan fingerprint density at radius 2 is 1.96 bits per heavy atom. The number of likely N-dealkylation sites (tertiary alicyclic amines) is 1. The van der Waals surface area contributed by atoms with Crippen LogP contribution in [0.4, 0.5) is 5.69 Å². The van der Waals surface area contributed by atoms with Crippen molar-refractivity contribution in [1.29, 1.82) is 0 Å². The van der Waals surface area contributed by atoms with E-state index in [9.17, 15) is 4.79 Å². The van der Waals surface area contributed by atoms with Gasteiger partial charge in [0.1, 0.15) is 0 Å². The van der Waals surface area contributed by atoms with Crippen LogP contribution in [0.3, 0.4) is 0 Å². The number of hydrogen-bond donors (Lipinski definition) is 1. The van der Waals surface area contributed by atoms with Crippen LogP contribution in [-0.4, -0.2) is 35.4 Å². The number of hydrogen-bond acceptors (Lipinski definition) is 4. The standard InChI is InChI=1S/C21H22ClN3OS/c22-16-6-7-19-18(14-16)24-21(27-19)15-8-11-25(12-9-15)13-10-20(26)23-17-4-2-1-3-5-17/h1-7,14-15H,8-13H2,(H,23,26). The Morgan fingerprint density at radius 1 is 1.19 bits per heavy atom. The molecule has 3 aromatic rings. The summed E-state index contributed by atoms with van der Waals surface area (Å²) < 4.78 is 1.20. The van der Waals surface area contributed by atoms with Crippen molar-refractivity contribution in [2.24, 2.45) is 0 Å². The van der Waals surface area contributed by atoms with E-state index >= 15 is 0 Å². The van der Waals surface area contributed by atoms with Crippen molar-refractivity contribution < 1.29 is 4.79 Å². The normalized spacial score (nSPS) is 15.9. The minimum absolute atomic E-state index is 0.0753. The molecule has 1 aromatic heterocycles. The minimum Gasteiger partial charge on any atom is -0.326 e. The van der Waals surface area contributed by atoms with Crippen LogP contribution in [0.1, 0.15) is 30.2 Å². The molecule has 2 aromatic carbocycles. The van der Waals surface area contributed by atoms with Gasteiger partial charge < -0.3 is 10.2 Å². The van der Waals surface area contributed by atoms with Crippen molar-refractivity contribution in [3.05, 3.63) is 58.6 Å². The molecular formula is C21H22ClN3OS. The molecule has 0 spiro atoms. The second-order valence-electron chi connectivity index (χ2n) is 6.94. The van der Waals surface area contributed by atoms with Crippen LogP contribution in [0, 0.1) is 0 Å². The van der Waals surface area contributed by atoms with E-state index in [1.54, 1.807) is 11.3 Å². The Morgan fingerprint density at radius 3 is 2.74 bits per heavy atom. The third kappa shape index (κ3) is 4.67. The first-order valence-corrected chi connectivity index (χ1v) is 10.5. The number of aromatic nitrogens is 1. The summed E-state index contributed by atoms with van der Waals surface area (Å²) in [5.74, 6) is 0.585. The third-order valence-electron chi connectivity index (χ3n) is 5.02. The molecule has 0 radical (unpaired) electrons. The highest BCUT2D eigenvalue weighted by atomic mass is 35.5. The number of thiazole rings is 1. The number of rotatable bonds is 5. The Labute approximate surface area is 168 Å². The number of anilines is 1. The van der Waals surface area contributed by atoms with Gasteiger partial charge in [0, 0.05) is 29.6 Å². The van der Waals surface area contributed by atoms with E-state index < -0.39 is 0 Å². The van der Waals surface area contributed by atoms with Crippen LogP contribution in [0.15, 0.2) is 48.5 Å². The molecule has 0 saturated carbocycles. The van der Waals surface area contributed by atoms with E-state index in [0.717, 1.165) is 48.7 Å². The molecule has 1 aliphatic heterocycles. The SMILES string of the molecule is O=C(CCN1CCC(c2nc3cc(Cl)ccc3s2)CC1)Nc1ccccc1. The smallest absolute Gasteiger partial charge is 0.225 e. The van der Waals surface area contributed by atoms with Crippen LogP contribution >= 0.6 is 22.9 Å². The van der Waals surface area contributed by atoms with Crippen molar-refractivity contribution in [3.63, 3.8) is 0 Å². The molecule has 0 atom stereocenters. The topological polar surface area (TPSA) is 45.2 Å². The summed E-state index contributed by atoms with van der Waals surface area (Å²) in [5.41, 5.74) is 1.86. The summed E-state index contributed by atoms with van der Waals surface area (Å²) >= 11 is 7.85. The van der Waals surface area contributed by atoms with Gasteiger partial charge in [0.15, 0.2) is 0 Å². The Kier molecular flexibility index (Phi) is 5.72. The van der Waals surface area contributed by atoms with Crippen LogP contribution in [-0.2, 0) is 4.79 Å². The first kappa shape index (κ1) is 18.4. The Balaban J connectivity index is 1.26. The van der Waals surface area contributed by atoms with Crippen molar-refractivity contribution in [2.45, 2.75) is 25.2 Å². The second-order valence-corrected chi connectivity index (χ2v) is 8.44. The molecule has 1 saturated heterocycles. The molecule has 0 unspecified atom stereocenters.